The zero-order valence-electron chi connectivity index (χ0n) is 24.0. The predicted molar refractivity (Wildman–Crippen MR) is 146 cm³/mol. The summed E-state index contributed by atoms with van der Waals surface area (Å²) in [5.74, 6) is -0.00697. The highest BCUT2D eigenvalue weighted by Crippen LogP contribution is 2.43. The van der Waals surface area contributed by atoms with Gasteiger partial charge in [-0.15, -0.1) is 0 Å². The van der Waals surface area contributed by atoms with Crippen molar-refractivity contribution < 1.29 is 73.7 Å². The van der Waals surface area contributed by atoms with Gasteiger partial charge in [0, 0.05) is 12.1 Å². The molecule has 3 aliphatic rings. The Morgan fingerprint density at radius 3 is 2.20 bits per heavy atom. The third-order valence-electron chi connectivity index (χ3n) is 7.91. The van der Waals surface area contributed by atoms with Crippen molar-refractivity contribution in [2.45, 2.75) is 80.9 Å². The first kappa shape index (κ1) is 32.2. The van der Waals surface area contributed by atoms with Crippen LogP contribution in [0.1, 0.15) is 35.4 Å². The molecule has 0 aliphatic carbocycles. The maximum absolute atomic E-state index is 13.0. The van der Waals surface area contributed by atoms with Gasteiger partial charge in [0.25, 0.3) is 0 Å². The van der Waals surface area contributed by atoms with Crippen molar-refractivity contribution in [3.05, 3.63) is 41.5 Å². The molecule has 44 heavy (non-hydrogen) atoms. The number of carbonyl (C=O) groups is 1. The second kappa shape index (κ2) is 13.0. The molecule has 0 amide bonds. The number of Topliss-reactive ketones (excluding diaryl/α,β-unsaturated/α-hetero) is 1. The molecule has 2 aromatic carbocycles. The maximum atomic E-state index is 13.0. The molecule has 15 nitrogen and oxygen atoms in total. The lowest BCUT2D eigenvalue weighted by Crippen LogP contribution is -2.61. The Morgan fingerprint density at radius 1 is 0.818 bits per heavy atom. The van der Waals surface area contributed by atoms with Crippen LogP contribution >= 0.6 is 0 Å². The Morgan fingerprint density at radius 2 is 1.50 bits per heavy atom. The second-order valence-electron chi connectivity index (χ2n) is 10.8. The first-order chi connectivity index (χ1) is 20.9. The lowest BCUT2D eigenvalue weighted by Gasteiger charge is -2.42. The molecule has 2 fully saturated rings. The summed E-state index contributed by atoms with van der Waals surface area (Å²) >= 11 is 0. The first-order valence-electron chi connectivity index (χ1n) is 13.9. The topological polar surface area (TPSA) is 223 Å². The van der Waals surface area contributed by atoms with Crippen LogP contribution in [0, 0.1) is 0 Å². The van der Waals surface area contributed by atoms with E-state index in [2.05, 4.69) is 0 Å². The summed E-state index contributed by atoms with van der Waals surface area (Å²) in [4.78, 5) is 13.0. The number of aliphatic hydroxyl groups excluding tert-OH is 6. The molecular weight excluding hydrogens is 588 g/mol. The van der Waals surface area contributed by atoms with Crippen LogP contribution in [-0.2, 0) is 14.2 Å². The summed E-state index contributed by atoms with van der Waals surface area (Å²) in [6.45, 7) is 0.982. The smallest absolute Gasteiger partial charge is 0.229 e. The van der Waals surface area contributed by atoms with Crippen molar-refractivity contribution in [2.75, 3.05) is 20.8 Å². The van der Waals surface area contributed by atoms with Gasteiger partial charge in [0.05, 0.1) is 33.4 Å². The predicted octanol–water partition coefficient (Wildman–Crippen LogP) is -0.854. The number of ketones is 1. The SMILES string of the molecule is COc1ccc(C2CC(=O)c3c(O)cc(O[C@@H]4O[C@H](CO[C@@H]5O[C@@H](C)[C@H](O)[C@@H](O)[C@H]5O)[C@@H](O)[C@H](O)[C@H]4O)cc3O2)cc1OC. The Labute approximate surface area is 251 Å². The molecule has 0 spiro atoms. The van der Waals surface area contributed by atoms with Crippen LogP contribution < -0.4 is 18.9 Å². The summed E-state index contributed by atoms with van der Waals surface area (Å²) in [5.41, 5.74) is 0.551. The van der Waals surface area contributed by atoms with Crippen LogP contribution in [0.3, 0.4) is 0 Å². The van der Waals surface area contributed by atoms with E-state index in [1.165, 1.54) is 27.2 Å². The number of rotatable bonds is 8. The molecule has 3 heterocycles. The number of fused-ring (bicyclic) bond motifs is 1. The van der Waals surface area contributed by atoms with Gasteiger partial charge in [-0.25, -0.2) is 0 Å². The van der Waals surface area contributed by atoms with Crippen molar-refractivity contribution in [1.29, 1.82) is 0 Å². The number of phenols is 1. The van der Waals surface area contributed by atoms with Crippen LogP contribution in [0.2, 0.25) is 0 Å². The average Bonchev–Trinajstić information content (AvgIpc) is 3.01. The van der Waals surface area contributed by atoms with E-state index in [0.29, 0.717) is 17.1 Å². The van der Waals surface area contributed by atoms with Crippen LogP contribution in [0.4, 0.5) is 0 Å². The largest absolute Gasteiger partial charge is 0.507 e. The molecule has 242 valence electrons. The highest BCUT2D eigenvalue weighted by atomic mass is 16.7. The molecule has 0 bridgehead atoms. The van der Waals surface area contributed by atoms with Crippen molar-refractivity contribution in [1.82, 2.24) is 0 Å². The number of methoxy groups -OCH3 is 2. The Hall–Kier alpha value is -3.25. The number of phenolic OH excluding ortho intramolecular Hbond substituents is 1. The number of ether oxygens (including phenoxy) is 7. The summed E-state index contributed by atoms with van der Waals surface area (Å²) < 4.78 is 38.9. The molecule has 0 aromatic heterocycles. The van der Waals surface area contributed by atoms with Gasteiger partial charge in [-0.3, -0.25) is 4.79 Å². The van der Waals surface area contributed by atoms with E-state index in [-0.39, 0.29) is 29.3 Å². The van der Waals surface area contributed by atoms with E-state index in [1.807, 2.05) is 0 Å². The molecule has 3 aliphatic heterocycles. The van der Waals surface area contributed by atoms with E-state index in [1.54, 1.807) is 18.2 Å². The molecular formula is C29H36O15. The fourth-order valence-corrected chi connectivity index (χ4v) is 5.35. The standard InChI is InChI=1S/C29H36O15/c1-11-22(32)24(34)26(36)28(41-11)40-10-20-23(33)25(35)27(37)29(44-20)42-13-7-14(30)21-15(31)9-17(43-19(21)8-13)12-4-5-16(38-2)18(6-12)39-3/h4-8,11,17,20,22-30,32-37H,9-10H2,1-3H3/t11-,17?,20+,22-,23+,24+,25-,26+,27+,28+,29+/m0/s1. The highest BCUT2D eigenvalue weighted by Gasteiger charge is 2.47. The quantitative estimate of drug-likeness (QED) is 0.190. The normalized spacial score (nSPS) is 35.4. The van der Waals surface area contributed by atoms with Gasteiger partial charge in [-0.2, -0.15) is 0 Å². The van der Waals surface area contributed by atoms with E-state index < -0.39 is 79.9 Å². The fraction of sp³-hybridized carbons (Fsp3) is 0.552. The number of hydrogen-bond acceptors (Lipinski definition) is 15. The summed E-state index contributed by atoms with van der Waals surface area (Å²) in [7, 11) is 2.97. The van der Waals surface area contributed by atoms with E-state index in [0.717, 1.165) is 6.07 Å². The third kappa shape index (κ3) is 6.15. The van der Waals surface area contributed by atoms with Gasteiger partial charge >= 0.3 is 0 Å². The van der Waals surface area contributed by atoms with Crippen LogP contribution in [0.15, 0.2) is 30.3 Å². The summed E-state index contributed by atoms with van der Waals surface area (Å²) in [5, 5.41) is 72.3. The van der Waals surface area contributed by atoms with E-state index >= 15 is 0 Å². The maximum Gasteiger partial charge on any atom is 0.229 e. The second-order valence-corrected chi connectivity index (χ2v) is 10.8. The summed E-state index contributed by atoms with van der Waals surface area (Å²) in [6.07, 6.45) is -15.7. The molecule has 1 unspecified atom stereocenters. The lowest BCUT2D eigenvalue weighted by atomic mass is 9.95. The van der Waals surface area contributed by atoms with E-state index in [9.17, 15) is 40.5 Å². The zero-order valence-corrected chi connectivity index (χ0v) is 24.0. The molecule has 5 rings (SSSR count). The van der Waals surface area contributed by atoms with Crippen LogP contribution in [-0.4, -0.2) is 124 Å². The molecule has 2 saturated heterocycles. The Bertz CT molecular complexity index is 1340. The highest BCUT2D eigenvalue weighted by molar-refractivity contribution is 6.02. The fourth-order valence-electron chi connectivity index (χ4n) is 5.35. The third-order valence-corrected chi connectivity index (χ3v) is 7.91. The van der Waals surface area contributed by atoms with Crippen molar-refractivity contribution in [2.24, 2.45) is 0 Å². The average molecular weight is 625 g/mol. The van der Waals surface area contributed by atoms with Crippen molar-refractivity contribution in [3.63, 3.8) is 0 Å². The molecule has 0 saturated carbocycles. The lowest BCUT2D eigenvalue weighted by molar-refractivity contribution is -0.318. The first-order valence-corrected chi connectivity index (χ1v) is 13.9. The van der Waals surface area contributed by atoms with Crippen molar-refractivity contribution in [3.8, 4) is 28.7 Å². The van der Waals surface area contributed by atoms with Gasteiger partial charge in [0.1, 0.15) is 71.6 Å². The minimum atomic E-state index is -1.76. The van der Waals surface area contributed by atoms with Gasteiger partial charge in [0.15, 0.2) is 23.6 Å². The van der Waals surface area contributed by atoms with Gasteiger partial charge in [-0.1, -0.05) is 6.07 Å². The molecule has 7 N–H and O–H groups in total. The zero-order chi connectivity index (χ0) is 31.9. The number of aromatic hydroxyl groups is 1. The summed E-state index contributed by atoms with van der Waals surface area (Å²) in [6, 6.07) is 7.50. The minimum absolute atomic E-state index is 0.0000931. The Kier molecular flexibility index (Phi) is 9.50. The number of benzene rings is 2. The molecule has 2 aromatic rings. The van der Waals surface area contributed by atoms with Crippen molar-refractivity contribution >= 4 is 5.78 Å². The van der Waals surface area contributed by atoms with E-state index in [4.69, 9.17) is 33.2 Å². The van der Waals surface area contributed by atoms with Gasteiger partial charge in [0.2, 0.25) is 6.29 Å². The van der Waals surface area contributed by atoms with Crippen LogP contribution in [0.5, 0.6) is 28.7 Å². The minimum Gasteiger partial charge on any atom is -0.507 e. The Balaban J connectivity index is 1.31. The molecule has 0 radical (unpaired) electrons. The number of carbonyl (C=O) groups excluding carboxylic acids is 1. The number of hydrogen-bond donors (Lipinski definition) is 7. The van der Waals surface area contributed by atoms with Gasteiger partial charge < -0.3 is 68.9 Å². The van der Waals surface area contributed by atoms with Gasteiger partial charge in [-0.05, 0) is 24.6 Å². The molecule has 15 heteroatoms. The monoisotopic (exact) mass is 624 g/mol. The van der Waals surface area contributed by atoms with Crippen LogP contribution in [0.25, 0.3) is 0 Å². The molecule has 11 atom stereocenters. The number of aliphatic hydroxyl groups is 6.